The van der Waals surface area contributed by atoms with E-state index in [1.54, 1.807) is 30.2 Å². The van der Waals surface area contributed by atoms with Crippen LogP contribution in [0.4, 0.5) is 11.5 Å². The molecule has 4 aromatic heterocycles. The molecule has 1 fully saturated rings. The molecule has 0 unspecified atom stereocenters. The van der Waals surface area contributed by atoms with Crippen LogP contribution in [0.15, 0.2) is 73.2 Å². The van der Waals surface area contributed by atoms with Gasteiger partial charge in [-0.25, -0.2) is 19.9 Å². The van der Waals surface area contributed by atoms with E-state index < -0.39 is 0 Å². The molecule has 9 nitrogen and oxygen atoms in total. The molecule has 170 valence electrons. The summed E-state index contributed by atoms with van der Waals surface area (Å²) in [6.07, 6.45) is 12.4. The quantitative estimate of drug-likeness (QED) is 0.419. The molecule has 0 atom stereocenters. The number of fused-ring (bicyclic) bond motifs is 1. The summed E-state index contributed by atoms with van der Waals surface area (Å²) in [5.41, 5.74) is 2.76. The molecule has 0 radical (unpaired) electrons. The van der Waals surface area contributed by atoms with Crippen LogP contribution in [0.25, 0.3) is 22.0 Å². The minimum Gasteiger partial charge on any atom is -0.356 e. The zero-order chi connectivity index (χ0) is 22.9. The Morgan fingerprint density at radius 1 is 1.06 bits per heavy atom. The van der Waals surface area contributed by atoms with Gasteiger partial charge in [0.1, 0.15) is 24.3 Å². The van der Waals surface area contributed by atoms with E-state index in [4.69, 9.17) is 0 Å². The van der Waals surface area contributed by atoms with Crippen molar-refractivity contribution in [2.24, 2.45) is 5.92 Å². The predicted octanol–water partition coefficient (Wildman–Crippen LogP) is 3.89. The number of hydrogen-bond donors (Lipinski definition) is 1. The van der Waals surface area contributed by atoms with Gasteiger partial charge >= 0.3 is 0 Å². The average Bonchev–Trinajstić information content (AvgIpc) is 3.63. The molecule has 1 aromatic carbocycles. The largest absolute Gasteiger partial charge is 0.356 e. The van der Waals surface area contributed by atoms with E-state index in [2.05, 4.69) is 30.2 Å². The number of carbonyl (C=O) groups is 1. The molecule has 0 aliphatic carbocycles. The lowest BCUT2D eigenvalue weighted by molar-refractivity contribution is -0.120. The van der Waals surface area contributed by atoms with Gasteiger partial charge in [0, 0.05) is 66.5 Å². The van der Waals surface area contributed by atoms with Crippen molar-refractivity contribution >= 4 is 33.7 Å². The van der Waals surface area contributed by atoms with E-state index in [0.717, 1.165) is 59.5 Å². The molecule has 5 aromatic rings. The first-order valence-corrected chi connectivity index (χ1v) is 12.0. The standard InChI is InChI=1S/C24H22N8OS/c33-23(28-19-3-1-17(2-4-19)20-14-31-11-12-34-24(31)29-20)18-5-8-30(9-6-18)21-13-22(27-15-26-21)32-10-7-25-16-32/h1-4,7,10-16,18H,5-6,8-9H2,(H,28,33). The highest BCUT2D eigenvalue weighted by atomic mass is 32.1. The summed E-state index contributed by atoms with van der Waals surface area (Å²) in [6.45, 7) is 1.55. The zero-order valence-corrected chi connectivity index (χ0v) is 19.1. The van der Waals surface area contributed by atoms with Gasteiger partial charge in [0.25, 0.3) is 0 Å². The number of hydrogen-bond acceptors (Lipinski definition) is 7. The van der Waals surface area contributed by atoms with Crippen LogP contribution in [0.1, 0.15) is 12.8 Å². The maximum Gasteiger partial charge on any atom is 0.227 e. The Hall–Kier alpha value is -4.05. The summed E-state index contributed by atoms with van der Waals surface area (Å²) >= 11 is 1.61. The highest BCUT2D eigenvalue weighted by Crippen LogP contribution is 2.26. The number of nitrogens with zero attached hydrogens (tertiary/aromatic N) is 7. The van der Waals surface area contributed by atoms with Crippen LogP contribution in [0.5, 0.6) is 0 Å². The van der Waals surface area contributed by atoms with Gasteiger partial charge in [-0.3, -0.25) is 13.8 Å². The van der Waals surface area contributed by atoms with Gasteiger partial charge in [0.2, 0.25) is 5.91 Å². The van der Waals surface area contributed by atoms with Gasteiger partial charge in [-0.05, 0) is 25.0 Å². The van der Waals surface area contributed by atoms with E-state index in [0.29, 0.717) is 0 Å². The van der Waals surface area contributed by atoms with Gasteiger partial charge in [0.05, 0.1) is 5.69 Å². The number of amides is 1. The Labute approximate surface area is 199 Å². The van der Waals surface area contributed by atoms with Crippen molar-refractivity contribution in [3.8, 4) is 17.1 Å². The van der Waals surface area contributed by atoms with Crippen molar-refractivity contribution in [1.82, 2.24) is 28.9 Å². The van der Waals surface area contributed by atoms with Crippen LogP contribution < -0.4 is 10.2 Å². The fraction of sp³-hybridized carbons (Fsp3) is 0.208. The normalized spacial score (nSPS) is 14.5. The maximum atomic E-state index is 12.9. The molecule has 0 saturated carbocycles. The van der Waals surface area contributed by atoms with Gasteiger partial charge < -0.3 is 10.2 Å². The number of benzene rings is 1. The van der Waals surface area contributed by atoms with Gasteiger partial charge in [-0.15, -0.1) is 11.3 Å². The summed E-state index contributed by atoms with van der Waals surface area (Å²) in [7, 11) is 0. The number of aromatic nitrogens is 6. The van der Waals surface area contributed by atoms with Crippen LogP contribution >= 0.6 is 11.3 Å². The summed E-state index contributed by atoms with van der Waals surface area (Å²) in [6, 6.07) is 9.82. The van der Waals surface area contributed by atoms with E-state index in [1.165, 1.54) is 0 Å². The number of thiazole rings is 1. The van der Waals surface area contributed by atoms with Crippen LogP contribution in [0.3, 0.4) is 0 Å². The fourth-order valence-corrected chi connectivity index (χ4v) is 4.95. The zero-order valence-electron chi connectivity index (χ0n) is 18.3. The molecule has 6 rings (SSSR count). The van der Waals surface area contributed by atoms with Crippen LogP contribution in [-0.4, -0.2) is 47.9 Å². The SMILES string of the molecule is O=C(Nc1ccc(-c2cn3ccsc3n2)cc1)C1CCN(c2cc(-n3ccnc3)ncn2)CC1. The first kappa shape index (κ1) is 20.5. The number of carbonyl (C=O) groups excluding carboxylic acids is 1. The van der Waals surface area contributed by atoms with E-state index >= 15 is 0 Å². The number of anilines is 2. The molecule has 34 heavy (non-hydrogen) atoms. The number of rotatable bonds is 5. The summed E-state index contributed by atoms with van der Waals surface area (Å²) in [5.74, 6) is 1.69. The van der Waals surface area contributed by atoms with Crippen molar-refractivity contribution in [2.45, 2.75) is 12.8 Å². The second-order valence-corrected chi connectivity index (χ2v) is 9.12. The van der Waals surface area contributed by atoms with Crippen LogP contribution in [0, 0.1) is 5.92 Å². The van der Waals surface area contributed by atoms with Crippen LogP contribution in [0.2, 0.25) is 0 Å². The summed E-state index contributed by atoms with van der Waals surface area (Å²) in [4.78, 5) is 33.5. The molecule has 0 bridgehead atoms. The second kappa shape index (κ2) is 8.71. The third kappa shape index (κ3) is 4.03. The molecule has 1 amide bonds. The molecule has 1 saturated heterocycles. The van der Waals surface area contributed by atoms with Gasteiger partial charge in [-0.1, -0.05) is 12.1 Å². The lowest BCUT2D eigenvalue weighted by Gasteiger charge is -2.32. The highest BCUT2D eigenvalue weighted by Gasteiger charge is 2.26. The van der Waals surface area contributed by atoms with Crippen molar-refractivity contribution in [3.63, 3.8) is 0 Å². The molecule has 1 aliphatic rings. The van der Waals surface area contributed by atoms with Crippen molar-refractivity contribution in [1.29, 1.82) is 0 Å². The van der Waals surface area contributed by atoms with E-state index in [1.807, 2.05) is 63.3 Å². The molecular formula is C24H22N8OS. The molecule has 10 heteroatoms. The van der Waals surface area contributed by atoms with Gasteiger partial charge in [-0.2, -0.15) is 0 Å². The van der Waals surface area contributed by atoms with Crippen molar-refractivity contribution in [2.75, 3.05) is 23.3 Å². The Morgan fingerprint density at radius 3 is 2.65 bits per heavy atom. The van der Waals surface area contributed by atoms with E-state index in [9.17, 15) is 4.79 Å². The second-order valence-electron chi connectivity index (χ2n) is 8.25. The van der Waals surface area contributed by atoms with Crippen molar-refractivity contribution in [3.05, 3.63) is 73.2 Å². The molecule has 1 aliphatic heterocycles. The highest BCUT2D eigenvalue weighted by molar-refractivity contribution is 7.15. The first-order valence-electron chi connectivity index (χ1n) is 11.1. The predicted molar refractivity (Wildman–Crippen MR) is 131 cm³/mol. The number of nitrogens with one attached hydrogen (secondary N) is 1. The monoisotopic (exact) mass is 470 g/mol. The molecule has 0 spiro atoms. The van der Waals surface area contributed by atoms with E-state index in [-0.39, 0.29) is 11.8 Å². The molecular weight excluding hydrogens is 448 g/mol. The Bertz CT molecular complexity index is 1390. The number of piperidine rings is 1. The van der Waals surface area contributed by atoms with Crippen molar-refractivity contribution < 1.29 is 4.79 Å². The Balaban J connectivity index is 1.06. The Kier molecular flexibility index (Phi) is 5.27. The average molecular weight is 471 g/mol. The third-order valence-corrected chi connectivity index (χ3v) is 6.91. The fourth-order valence-electron chi connectivity index (χ4n) is 4.25. The number of imidazole rings is 2. The third-order valence-electron chi connectivity index (χ3n) is 6.14. The smallest absolute Gasteiger partial charge is 0.227 e. The van der Waals surface area contributed by atoms with Gasteiger partial charge in [0.15, 0.2) is 4.96 Å². The summed E-state index contributed by atoms with van der Waals surface area (Å²) in [5, 5.41) is 5.09. The first-order chi connectivity index (χ1) is 16.7. The maximum absolute atomic E-state index is 12.9. The lowest BCUT2D eigenvalue weighted by atomic mass is 9.95. The Morgan fingerprint density at radius 2 is 1.88 bits per heavy atom. The summed E-state index contributed by atoms with van der Waals surface area (Å²) < 4.78 is 3.87. The minimum atomic E-state index is -0.0224. The minimum absolute atomic E-state index is 0.0224. The lowest BCUT2D eigenvalue weighted by Crippen LogP contribution is -2.38. The molecule has 5 heterocycles. The van der Waals surface area contributed by atoms with Crippen LogP contribution in [-0.2, 0) is 4.79 Å². The topological polar surface area (TPSA) is 93.2 Å². The molecule has 1 N–H and O–H groups in total.